The molecule has 0 bridgehead atoms. The summed E-state index contributed by atoms with van der Waals surface area (Å²) in [6.45, 7) is 4.53. The molecule has 3 unspecified atom stereocenters. The first-order valence-electron chi connectivity index (χ1n) is 12.9. The molecule has 1 aliphatic carbocycles. The number of anilines is 1. The molecule has 1 aromatic heterocycles. The Balaban J connectivity index is 1.27. The topological polar surface area (TPSA) is 94.9 Å². The summed E-state index contributed by atoms with van der Waals surface area (Å²) in [5.41, 5.74) is 0. The van der Waals surface area contributed by atoms with Crippen molar-refractivity contribution < 1.29 is 32.6 Å². The van der Waals surface area contributed by atoms with Crippen LogP contribution in [0.25, 0.3) is 0 Å². The summed E-state index contributed by atoms with van der Waals surface area (Å²) in [7, 11) is 0. The van der Waals surface area contributed by atoms with Gasteiger partial charge in [-0.15, -0.1) is 0 Å². The highest BCUT2D eigenvalue weighted by molar-refractivity contribution is 6.32. The summed E-state index contributed by atoms with van der Waals surface area (Å²) in [5.74, 6) is -1.01. The lowest BCUT2D eigenvalue weighted by molar-refractivity contribution is -0.139. The van der Waals surface area contributed by atoms with E-state index in [1.807, 2.05) is 13.8 Å². The van der Waals surface area contributed by atoms with Gasteiger partial charge in [0.05, 0.1) is 24.7 Å². The van der Waals surface area contributed by atoms with Crippen molar-refractivity contribution in [3.63, 3.8) is 0 Å². The van der Waals surface area contributed by atoms with E-state index >= 15 is 0 Å². The van der Waals surface area contributed by atoms with Crippen LogP contribution in [0.2, 0.25) is 5.02 Å². The zero-order valence-corrected chi connectivity index (χ0v) is 22.4. The van der Waals surface area contributed by atoms with Crippen molar-refractivity contribution in [2.24, 2.45) is 5.92 Å². The normalized spacial score (nSPS) is 27.1. The second-order valence-corrected chi connectivity index (χ2v) is 11.0. The van der Waals surface area contributed by atoms with E-state index in [1.54, 1.807) is 41.2 Å². The molecule has 2 amide bonds. The maximum absolute atomic E-state index is 13.9. The Morgan fingerprint density at radius 2 is 2.00 bits per heavy atom. The quantitative estimate of drug-likeness (QED) is 0.489. The zero-order chi connectivity index (χ0) is 27.7. The summed E-state index contributed by atoms with van der Waals surface area (Å²) < 4.78 is 46.7. The van der Waals surface area contributed by atoms with Crippen molar-refractivity contribution >= 4 is 29.2 Å². The molecule has 1 aromatic carbocycles. The third-order valence-electron chi connectivity index (χ3n) is 7.07. The molecule has 2 aliphatic heterocycles. The molecule has 39 heavy (non-hydrogen) atoms. The number of para-hydroxylation sites is 1. The Hall–Kier alpha value is -3.02. The fourth-order valence-corrected chi connectivity index (χ4v) is 5.39. The van der Waals surface area contributed by atoms with Crippen LogP contribution in [0, 0.1) is 5.92 Å². The number of amides is 2. The largest absolute Gasteiger partial charge is 0.458 e. The molecule has 12 heteroatoms. The molecular weight excluding hydrogens is 534 g/mol. The lowest BCUT2D eigenvalue weighted by Crippen LogP contribution is -2.46. The van der Waals surface area contributed by atoms with Gasteiger partial charge in [0.25, 0.3) is 5.91 Å². The van der Waals surface area contributed by atoms with E-state index in [0.29, 0.717) is 29.7 Å². The molecular formula is C27H31ClF2N4O5. The smallest absolute Gasteiger partial charge is 0.251 e. The molecule has 3 heterocycles. The number of carbonyl (C=O) groups is 2. The van der Waals surface area contributed by atoms with Crippen molar-refractivity contribution in [3.05, 3.63) is 53.4 Å². The van der Waals surface area contributed by atoms with Crippen LogP contribution < -0.4 is 10.1 Å². The number of alkyl halides is 2. The van der Waals surface area contributed by atoms with E-state index in [9.17, 15) is 18.4 Å². The minimum atomic E-state index is -1.58. The second kappa shape index (κ2) is 11.2. The van der Waals surface area contributed by atoms with Crippen molar-refractivity contribution in [1.29, 1.82) is 0 Å². The van der Waals surface area contributed by atoms with Crippen molar-refractivity contribution in [1.82, 2.24) is 14.7 Å². The van der Waals surface area contributed by atoms with Gasteiger partial charge in [-0.3, -0.25) is 14.3 Å². The minimum absolute atomic E-state index is 0.00216. The van der Waals surface area contributed by atoms with Crippen molar-refractivity contribution in [2.75, 3.05) is 18.5 Å². The second-order valence-electron chi connectivity index (χ2n) is 10.6. The molecule has 1 N–H and O–H groups in total. The average Bonchev–Trinajstić information content (AvgIpc) is 3.63. The van der Waals surface area contributed by atoms with Gasteiger partial charge in [-0.05, 0) is 51.2 Å². The Bertz CT molecular complexity index is 1240. The van der Waals surface area contributed by atoms with Gasteiger partial charge < -0.3 is 24.4 Å². The first kappa shape index (κ1) is 27.5. The Morgan fingerprint density at radius 3 is 2.69 bits per heavy atom. The fraction of sp³-hybridized carbons (Fsp3) is 0.519. The lowest BCUT2D eigenvalue weighted by atomic mass is 9.96. The SMILES string of the molecule is CC1(C)OCC(Cn2ccc(NC(=O)C(CC3C[C@@H](F)[C@@H](F)C3)N3CC(Oc4ccccc4Cl)=CC3=O)n2)O1. The van der Waals surface area contributed by atoms with Gasteiger partial charge in [-0.25, -0.2) is 8.78 Å². The van der Waals surface area contributed by atoms with Crippen LogP contribution >= 0.6 is 11.6 Å². The Labute approximate surface area is 230 Å². The zero-order valence-electron chi connectivity index (χ0n) is 21.7. The first-order valence-corrected chi connectivity index (χ1v) is 13.3. The van der Waals surface area contributed by atoms with Crippen LogP contribution in [0.15, 0.2) is 48.4 Å². The van der Waals surface area contributed by atoms with Crippen molar-refractivity contribution in [3.8, 4) is 5.75 Å². The molecule has 0 spiro atoms. The van der Waals surface area contributed by atoms with Gasteiger partial charge in [-0.2, -0.15) is 5.10 Å². The number of hydrogen-bond acceptors (Lipinski definition) is 6. The summed E-state index contributed by atoms with van der Waals surface area (Å²) in [4.78, 5) is 27.8. The van der Waals surface area contributed by atoms with Crippen LogP contribution in [0.1, 0.15) is 33.1 Å². The van der Waals surface area contributed by atoms with Gasteiger partial charge >= 0.3 is 0 Å². The molecule has 9 nitrogen and oxygen atoms in total. The monoisotopic (exact) mass is 564 g/mol. The van der Waals surface area contributed by atoms with Crippen LogP contribution in [-0.4, -0.2) is 69.9 Å². The number of aromatic nitrogens is 2. The van der Waals surface area contributed by atoms with Gasteiger partial charge in [0.2, 0.25) is 5.91 Å². The lowest BCUT2D eigenvalue weighted by Gasteiger charge is -2.29. The molecule has 2 fully saturated rings. The first-order chi connectivity index (χ1) is 18.6. The fourth-order valence-electron chi connectivity index (χ4n) is 5.22. The maximum atomic E-state index is 13.9. The standard InChI is InChI=1S/C27H31ClF2N4O5/c1-27(2)37-15-18(39-27)13-33-8-7-24(32-33)31-26(36)22(11-16-9-20(29)21(30)10-16)34-14-17(12-25(34)35)38-23-6-4-3-5-19(23)28/h3-8,12,16,18,20-22H,9-11,13-15H2,1-2H3,(H,31,32,36)/t16?,18?,20-,21+,22?. The summed E-state index contributed by atoms with van der Waals surface area (Å²) in [6, 6.07) is 7.48. The minimum Gasteiger partial charge on any atom is -0.458 e. The van der Waals surface area contributed by atoms with E-state index in [1.165, 1.54) is 11.0 Å². The summed E-state index contributed by atoms with van der Waals surface area (Å²) >= 11 is 6.18. The molecule has 1 saturated carbocycles. The molecule has 0 radical (unpaired) electrons. The Morgan fingerprint density at radius 1 is 1.26 bits per heavy atom. The van der Waals surface area contributed by atoms with Gasteiger partial charge in [0.15, 0.2) is 11.6 Å². The van der Waals surface area contributed by atoms with Crippen LogP contribution in [0.4, 0.5) is 14.6 Å². The van der Waals surface area contributed by atoms with Crippen LogP contribution in [0.5, 0.6) is 5.75 Å². The van der Waals surface area contributed by atoms with E-state index in [-0.39, 0.29) is 37.7 Å². The predicted molar refractivity (Wildman–Crippen MR) is 139 cm³/mol. The number of benzene rings is 1. The molecule has 3 aliphatic rings. The average molecular weight is 565 g/mol. The number of hydrogen-bond donors (Lipinski definition) is 1. The summed E-state index contributed by atoms with van der Waals surface area (Å²) in [5, 5.41) is 7.54. The summed E-state index contributed by atoms with van der Waals surface area (Å²) in [6.07, 6.45) is -0.236. The molecule has 5 rings (SSSR count). The number of carbonyl (C=O) groups excluding carboxylic acids is 2. The van der Waals surface area contributed by atoms with Gasteiger partial charge in [0.1, 0.15) is 36.0 Å². The van der Waals surface area contributed by atoms with E-state index in [4.69, 9.17) is 25.8 Å². The number of halogens is 3. The molecule has 1 saturated heterocycles. The number of nitrogens with zero attached hydrogens (tertiary/aromatic N) is 3. The van der Waals surface area contributed by atoms with Crippen molar-refractivity contribution in [2.45, 2.75) is 69.9 Å². The Kier molecular flexibility index (Phi) is 7.93. The van der Waals surface area contributed by atoms with Gasteiger partial charge in [0, 0.05) is 18.3 Å². The highest BCUT2D eigenvalue weighted by Gasteiger charge is 2.41. The van der Waals surface area contributed by atoms with E-state index in [0.717, 1.165) is 0 Å². The number of nitrogens with one attached hydrogen (secondary N) is 1. The highest BCUT2D eigenvalue weighted by atomic mass is 35.5. The highest BCUT2D eigenvalue weighted by Crippen LogP contribution is 2.36. The van der Waals surface area contributed by atoms with E-state index in [2.05, 4.69) is 10.4 Å². The van der Waals surface area contributed by atoms with Crippen LogP contribution in [0.3, 0.4) is 0 Å². The number of ether oxygens (including phenoxy) is 3. The van der Waals surface area contributed by atoms with Gasteiger partial charge in [-0.1, -0.05) is 23.7 Å². The predicted octanol–water partition coefficient (Wildman–Crippen LogP) is 4.28. The molecule has 5 atom stereocenters. The molecule has 210 valence electrons. The number of rotatable bonds is 9. The van der Waals surface area contributed by atoms with Crippen LogP contribution in [-0.2, 0) is 25.6 Å². The molecule has 2 aromatic rings. The third kappa shape index (κ3) is 6.59. The third-order valence-corrected chi connectivity index (χ3v) is 7.38. The van der Waals surface area contributed by atoms with E-state index < -0.39 is 41.9 Å². The maximum Gasteiger partial charge on any atom is 0.251 e.